The van der Waals surface area contributed by atoms with Crippen molar-refractivity contribution >= 4 is 45.5 Å². The van der Waals surface area contributed by atoms with Gasteiger partial charge in [0.05, 0.1) is 17.0 Å². The van der Waals surface area contributed by atoms with Crippen molar-refractivity contribution in [2.24, 2.45) is 0 Å². The lowest BCUT2D eigenvalue weighted by molar-refractivity contribution is -0.145. The van der Waals surface area contributed by atoms with E-state index in [1.165, 1.54) is 29.6 Å². The van der Waals surface area contributed by atoms with Crippen LogP contribution in [0.1, 0.15) is 42.1 Å². The Labute approximate surface area is 148 Å². The lowest BCUT2D eigenvalue weighted by Gasteiger charge is -2.14. The Bertz CT molecular complexity index is 709. The van der Waals surface area contributed by atoms with E-state index in [1.54, 1.807) is 22.4 Å². The monoisotopic (exact) mass is 366 g/mol. The molecular formula is C16H18N2O4S2. The minimum atomic E-state index is -0.437. The Morgan fingerprint density at radius 3 is 2.67 bits per heavy atom. The van der Waals surface area contributed by atoms with E-state index in [0.717, 1.165) is 0 Å². The third-order valence-electron chi connectivity index (χ3n) is 3.20. The van der Waals surface area contributed by atoms with Gasteiger partial charge >= 0.3 is 5.97 Å². The predicted octanol–water partition coefficient (Wildman–Crippen LogP) is 3.28. The number of thiophene rings is 1. The van der Waals surface area contributed by atoms with Crippen LogP contribution in [0.3, 0.4) is 0 Å². The largest absolute Gasteiger partial charge is 0.459 e. The van der Waals surface area contributed by atoms with E-state index >= 15 is 0 Å². The van der Waals surface area contributed by atoms with Crippen LogP contribution in [0.5, 0.6) is 0 Å². The standard InChI is InChI=1S/C16H18N2O4S2/c1-3-18(11(2)19)16-17-12(10-24-16)9-22-15(21)7-6-13(20)14-5-4-8-23-14/h4-5,8,10H,3,6-7,9H2,1-2H3. The lowest BCUT2D eigenvalue weighted by Crippen LogP contribution is -2.27. The fourth-order valence-electron chi connectivity index (χ4n) is 1.98. The fourth-order valence-corrected chi connectivity index (χ4v) is 3.59. The maximum Gasteiger partial charge on any atom is 0.306 e. The molecule has 6 nitrogen and oxygen atoms in total. The first-order chi connectivity index (χ1) is 11.5. The van der Waals surface area contributed by atoms with Gasteiger partial charge in [-0.2, -0.15) is 0 Å². The summed E-state index contributed by atoms with van der Waals surface area (Å²) in [5.74, 6) is -0.575. The van der Waals surface area contributed by atoms with Crippen molar-refractivity contribution in [3.8, 4) is 0 Å². The number of nitrogens with zero attached hydrogens (tertiary/aromatic N) is 2. The summed E-state index contributed by atoms with van der Waals surface area (Å²) in [6.45, 7) is 3.92. The summed E-state index contributed by atoms with van der Waals surface area (Å²) in [7, 11) is 0. The molecule has 2 rings (SSSR count). The molecule has 0 aliphatic carbocycles. The molecule has 2 aromatic heterocycles. The number of hydrogen-bond donors (Lipinski definition) is 0. The molecule has 1 amide bonds. The van der Waals surface area contributed by atoms with E-state index in [-0.39, 0.29) is 31.1 Å². The minimum absolute atomic E-state index is 0.0397. The van der Waals surface area contributed by atoms with Gasteiger partial charge in [0.15, 0.2) is 10.9 Å². The second kappa shape index (κ2) is 8.70. The molecule has 0 bridgehead atoms. The average Bonchev–Trinajstić information content (AvgIpc) is 3.22. The number of esters is 1. The van der Waals surface area contributed by atoms with Crippen molar-refractivity contribution < 1.29 is 19.1 Å². The van der Waals surface area contributed by atoms with Gasteiger partial charge in [0.25, 0.3) is 0 Å². The molecule has 24 heavy (non-hydrogen) atoms. The Morgan fingerprint density at radius 2 is 2.04 bits per heavy atom. The van der Waals surface area contributed by atoms with Crippen molar-refractivity contribution in [2.45, 2.75) is 33.3 Å². The summed E-state index contributed by atoms with van der Waals surface area (Å²) in [5, 5.41) is 4.17. The van der Waals surface area contributed by atoms with Crippen LogP contribution in [-0.2, 0) is 20.9 Å². The first kappa shape index (κ1) is 18.3. The highest BCUT2D eigenvalue weighted by molar-refractivity contribution is 7.14. The SMILES string of the molecule is CCN(C(C)=O)c1nc(COC(=O)CCC(=O)c2cccs2)cs1. The Kier molecular flexibility index (Phi) is 6.62. The van der Waals surface area contributed by atoms with Gasteiger partial charge in [-0.15, -0.1) is 22.7 Å². The summed E-state index contributed by atoms with van der Waals surface area (Å²) in [6, 6.07) is 3.54. The molecule has 0 saturated heterocycles. The van der Waals surface area contributed by atoms with E-state index in [2.05, 4.69) is 4.98 Å². The highest BCUT2D eigenvalue weighted by Crippen LogP contribution is 2.21. The Morgan fingerprint density at radius 1 is 1.25 bits per heavy atom. The van der Waals surface area contributed by atoms with Gasteiger partial charge in [0, 0.05) is 25.3 Å². The molecule has 0 aliphatic rings. The molecule has 8 heteroatoms. The molecule has 0 unspecified atom stereocenters. The maximum atomic E-state index is 11.8. The van der Waals surface area contributed by atoms with Crippen molar-refractivity contribution in [1.29, 1.82) is 0 Å². The molecule has 2 heterocycles. The molecule has 0 spiro atoms. The quantitative estimate of drug-likeness (QED) is 0.529. The van der Waals surface area contributed by atoms with Gasteiger partial charge < -0.3 is 4.74 Å². The summed E-state index contributed by atoms with van der Waals surface area (Å²) >= 11 is 2.69. The molecule has 0 atom stereocenters. The minimum Gasteiger partial charge on any atom is -0.459 e. The zero-order chi connectivity index (χ0) is 17.5. The predicted molar refractivity (Wildman–Crippen MR) is 93.5 cm³/mol. The van der Waals surface area contributed by atoms with Crippen molar-refractivity contribution in [3.63, 3.8) is 0 Å². The summed E-state index contributed by atoms with van der Waals surface area (Å²) < 4.78 is 5.14. The Hall–Kier alpha value is -2.06. The molecule has 0 aliphatic heterocycles. The number of ether oxygens (including phenoxy) is 1. The molecule has 0 radical (unpaired) electrons. The molecular weight excluding hydrogens is 348 g/mol. The highest BCUT2D eigenvalue weighted by Gasteiger charge is 2.15. The van der Waals surface area contributed by atoms with E-state index in [4.69, 9.17) is 4.74 Å². The van der Waals surface area contributed by atoms with Crippen LogP contribution in [-0.4, -0.2) is 29.2 Å². The van der Waals surface area contributed by atoms with Crippen LogP contribution in [0, 0.1) is 0 Å². The Balaban J connectivity index is 1.79. The van der Waals surface area contributed by atoms with Gasteiger partial charge in [0.2, 0.25) is 5.91 Å². The lowest BCUT2D eigenvalue weighted by atomic mass is 10.2. The zero-order valence-electron chi connectivity index (χ0n) is 13.5. The molecule has 0 N–H and O–H groups in total. The normalized spacial score (nSPS) is 10.4. The van der Waals surface area contributed by atoms with Crippen LogP contribution in [0.15, 0.2) is 22.9 Å². The van der Waals surface area contributed by atoms with Gasteiger partial charge in [-0.25, -0.2) is 4.98 Å². The maximum absolute atomic E-state index is 11.8. The number of Topliss-reactive ketones (excluding diaryl/α,β-unsaturated/α-hetero) is 1. The van der Waals surface area contributed by atoms with Crippen LogP contribution < -0.4 is 4.90 Å². The van der Waals surface area contributed by atoms with E-state index in [1.807, 2.05) is 12.3 Å². The number of carbonyl (C=O) groups is 3. The van der Waals surface area contributed by atoms with Crippen molar-refractivity contribution in [3.05, 3.63) is 33.5 Å². The van der Waals surface area contributed by atoms with Crippen LogP contribution >= 0.6 is 22.7 Å². The number of ketones is 1. The van der Waals surface area contributed by atoms with Gasteiger partial charge in [-0.1, -0.05) is 6.07 Å². The van der Waals surface area contributed by atoms with E-state index in [0.29, 0.717) is 22.2 Å². The molecule has 0 fully saturated rings. The second-order valence-corrected chi connectivity index (χ2v) is 6.73. The van der Waals surface area contributed by atoms with E-state index < -0.39 is 5.97 Å². The highest BCUT2D eigenvalue weighted by atomic mass is 32.1. The van der Waals surface area contributed by atoms with Gasteiger partial charge in [-0.05, 0) is 18.4 Å². The number of amides is 1. The third-order valence-corrected chi connectivity index (χ3v) is 5.02. The average molecular weight is 366 g/mol. The molecule has 0 aromatic carbocycles. The van der Waals surface area contributed by atoms with Crippen LogP contribution in [0.4, 0.5) is 5.13 Å². The smallest absolute Gasteiger partial charge is 0.306 e. The second-order valence-electron chi connectivity index (χ2n) is 4.95. The number of thiazole rings is 1. The first-order valence-corrected chi connectivity index (χ1v) is 9.22. The first-order valence-electron chi connectivity index (χ1n) is 7.46. The van der Waals surface area contributed by atoms with Crippen molar-refractivity contribution in [1.82, 2.24) is 4.98 Å². The molecule has 128 valence electrons. The number of carbonyl (C=O) groups excluding carboxylic acids is 3. The van der Waals surface area contributed by atoms with Crippen LogP contribution in [0.25, 0.3) is 0 Å². The summed E-state index contributed by atoms with van der Waals surface area (Å²) in [4.78, 5) is 41.5. The number of hydrogen-bond acceptors (Lipinski definition) is 7. The van der Waals surface area contributed by atoms with Crippen LogP contribution in [0.2, 0.25) is 0 Å². The topological polar surface area (TPSA) is 76.6 Å². The third kappa shape index (κ3) is 4.97. The van der Waals surface area contributed by atoms with Crippen molar-refractivity contribution in [2.75, 3.05) is 11.4 Å². The van der Waals surface area contributed by atoms with E-state index in [9.17, 15) is 14.4 Å². The molecule has 2 aromatic rings. The number of anilines is 1. The molecule has 0 saturated carbocycles. The zero-order valence-corrected chi connectivity index (χ0v) is 15.1. The van der Waals surface area contributed by atoms with Gasteiger partial charge in [-0.3, -0.25) is 19.3 Å². The van der Waals surface area contributed by atoms with Gasteiger partial charge in [0.1, 0.15) is 6.61 Å². The number of aromatic nitrogens is 1. The fraction of sp³-hybridized carbons (Fsp3) is 0.375. The summed E-state index contributed by atoms with van der Waals surface area (Å²) in [6.07, 6.45) is 0.178. The number of rotatable bonds is 8. The summed E-state index contributed by atoms with van der Waals surface area (Å²) in [5.41, 5.74) is 0.590.